The summed E-state index contributed by atoms with van der Waals surface area (Å²) in [7, 11) is 0. The maximum atomic E-state index is 12.9. The Hall–Kier alpha value is -2.77. The minimum atomic E-state index is -1.10. The van der Waals surface area contributed by atoms with Crippen molar-refractivity contribution in [3.8, 4) is 5.69 Å². The average Bonchev–Trinajstić information content (AvgIpc) is 2.94. The quantitative estimate of drug-likeness (QED) is 0.900. The molecule has 1 N–H and O–H groups in total. The van der Waals surface area contributed by atoms with Crippen molar-refractivity contribution in [2.24, 2.45) is 0 Å². The maximum absolute atomic E-state index is 12.9. The van der Waals surface area contributed by atoms with Gasteiger partial charge < -0.3 is 10.0 Å². The number of aromatic nitrogens is 3. The third-order valence-electron chi connectivity index (χ3n) is 2.96. The highest BCUT2D eigenvalue weighted by atomic mass is 19.1. The number of carboxylic acid groups (broad SMARTS) is 1. The second-order valence-electron chi connectivity index (χ2n) is 4.92. The summed E-state index contributed by atoms with van der Waals surface area (Å²) in [5.41, 5.74) is 0.522. The molecule has 0 fully saturated rings. The maximum Gasteiger partial charge on any atom is 0.323 e. The topological polar surface area (TPSA) is 88.3 Å². The van der Waals surface area contributed by atoms with Crippen LogP contribution in [0.5, 0.6) is 0 Å². The number of hydrogen-bond donors (Lipinski definition) is 1. The number of carbonyl (C=O) groups excluding carboxylic acids is 1. The number of benzene rings is 1. The molecule has 1 aromatic carbocycles. The molecule has 0 aliphatic heterocycles. The lowest BCUT2D eigenvalue weighted by Crippen LogP contribution is -2.40. The molecule has 0 unspecified atom stereocenters. The Balaban J connectivity index is 2.24. The first-order valence-electron chi connectivity index (χ1n) is 6.59. The highest BCUT2D eigenvalue weighted by Crippen LogP contribution is 2.09. The average molecular weight is 306 g/mol. The minimum absolute atomic E-state index is 0.0271. The van der Waals surface area contributed by atoms with E-state index < -0.39 is 18.4 Å². The smallest absolute Gasteiger partial charge is 0.323 e. The normalized spacial score (nSPS) is 10.7. The van der Waals surface area contributed by atoms with Crippen molar-refractivity contribution < 1.29 is 19.1 Å². The van der Waals surface area contributed by atoms with Crippen LogP contribution >= 0.6 is 0 Å². The summed E-state index contributed by atoms with van der Waals surface area (Å²) in [6.45, 7) is 3.01. The lowest BCUT2D eigenvalue weighted by atomic mass is 10.3. The molecular weight excluding hydrogens is 291 g/mol. The van der Waals surface area contributed by atoms with Gasteiger partial charge >= 0.3 is 5.97 Å². The number of aliphatic carboxylic acids is 1. The first-order valence-corrected chi connectivity index (χ1v) is 6.59. The van der Waals surface area contributed by atoms with Crippen LogP contribution in [-0.2, 0) is 4.79 Å². The predicted molar refractivity (Wildman–Crippen MR) is 75.1 cm³/mol. The molecule has 116 valence electrons. The molecule has 2 rings (SSSR count). The zero-order chi connectivity index (χ0) is 16.3. The van der Waals surface area contributed by atoms with E-state index in [0.29, 0.717) is 5.69 Å². The first kappa shape index (κ1) is 15.6. The summed E-state index contributed by atoms with van der Waals surface area (Å²) in [6, 6.07) is 5.16. The zero-order valence-electron chi connectivity index (χ0n) is 12.1. The highest BCUT2D eigenvalue weighted by molar-refractivity contribution is 5.94. The predicted octanol–water partition coefficient (Wildman–Crippen LogP) is 1.34. The third-order valence-corrected chi connectivity index (χ3v) is 2.96. The van der Waals surface area contributed by atoms with Crippen molar-refractivity contribution >= 4 is 11.9 Å². The van der Waals surface area contributed by atoms with Crippen LogP contribution in [0.3, 0.4) is 0 Å². The van der Waals surface area contributed by atoms with E-state index in [2.05, 4.69) is 10.2 Å². The molecule has 0 spiro atoms. The molecule has 0 radical (unpaired) electrons. The summed E-state index contributed by atoms with van der Waals surface area (Å²) in [4.78, 5) is 25.5. The Morgan fingerprint density at radius 3 is 2.50 bits per heavy atom. The zero-order valence-corrected chi connectivity index (χ0v) is 12.1. The highest BCUT2D eigenvalue weighted by Gasteiger charge is 2.23. The number of halogens is 1. The number of nitrogens with zero attached hydrogens (tertiary/aromatic N) is 4. The van der Waals surface area contributed by atoms with Crippen molar-refractivity contribution in [3.05, 3.63) is 42.0 Å². The largest absolute Gasteiger partial charge is 0.480 e. The van der Waals surface area contributed by atoms with Crippen LogP contribution in [0.15, 0.2) is 30.5 Å². The van der Waals surface area contributed by atoms with E-state index in [9.17, 15) is 14.0 Å². The van der Waals surface area contributed by atoms with Crippen molar-refractivity contribution in [2.75, 3.05) is 6.54 Å². The molecule has 0 aliphatic rings. The monoisotopic (exact) mass is 306 g/mol. The van der Waals surface area contributed by atoms with Gasteiger partial charge in [0.2, 0.25) is 0 Å². The van der Waals surface area contributed by atoms with Gasteiger partial charge in [0.05, 0.1) is 11.9 Å². The second-order valence-corrected chi connectivity index (χ2v) is 4.92. The van der Waals surface area contributed by atoms with Gasteiger partial charge in [0.15, 0.2) is 5.69 Å². The van der Waals surface area contributed by atoms with Crippen molar-refractivity contribution in [2.45, 2.75) is 19.9 Å². The fraction of sp³-hybridized carbons (Fsp3) is 0.286. The van der Waals surface area contributed by atoms with Gasteiger partial charge in [0, 0.05) is 6.04 Å². The molecule has 22 heavy (non-hydrogen) atoms. The Kier molecular flexibility index (Phi) is 4.50. The molecule has 1 amide bonds. The van der Waals surface area contributed by atoms with Crippen LogP contribution in [-0.4, -0.2) is 49.5 Å². The number of carbonyl (C=O) groups is 2. The van der Waals surface area contributed by atoms with Crippen LogP contribution in [0.4, 0.5) is 4.39 Å². The van der Waals surface area contributed by atoms with Gasteiger partial charge in [-0.25, -0.2) is 4.39 Å². The summed E-state index contributed by atoms with van der Waals surface area (Å²) in [6.07, 6.45) is 1.25. The summed E-state index contributed by atoms with van der Waals surface area (Å²) in [5, 5.41) is 16.8. The van der Waals surface area contributed by atoms with Gasteiger partial charge in [-0.1, -0.05) is 0 Å². The number of hydrogen-bond acceptors (Lipinski definition) is 4. The van der Waals surface area contributed by atoms with Crippen LogP contribution < -0.4 is 0 Å². The first-order chi connectivity index (χ1) is 10.4. The fourth-order valence-electron chi connectivity index (χ4n) is 1.84. The molecule has 0 bridgehead atoms. The van der Waals surface area contributed by atoms with E-state index in [1.807, 2.05) is 0 Å². The van der Waals surface area contributed by atoms with E-state index in [-0.39, 0.29) is 17.6 Å². The SMILES string of the molecule is CC(C)N(CC(=O)O)C(=O)c1cnn(-c2ccc(F)cc2)n1. The minimum Gasteiger partial charge on any atom is -0.480 e. The molecule has 2 aromatic rings. The van der Waals surface area contributed by atoms with Crippen LogP contribution in [0, 0.1) is 5.82 Å². The Morgan fingerprint density at radius 1 is 1.32 bits per heavy atom. The van der Waals surface area contributed by atoms with Crippen LogP contribution in [0.1, 0.15) is 24.3 Å². The Bertz CT molecular complexity index is 682. The van der Waals surface area contributed by atoms with Gasteiger partial charge in [-0.3, -0.25) is 9.59 Å². The number of rotatable bonds is 5. The van der Waals surface area contributed by atoms with E-state index in [1.54, 1.807) is 13.8 Å². The second kappa shape index (κ2) is 6.33. The molecule has 0 saturated heterocycles. The molecule has 8 heteroatoms. The van der Waals surface area contributed by atoms with Crippen molar-refractivity contribution in [1.82, 2.24) is 19.9 Å². The fourth-order valence-corrected chi connectivity index (χ4v) is 1.84. The Morgan fingerprint density at radius 2 is 1.95 bits per heavy atom. The summed E-state index contributed by atoms with van der Waals surface area (Å²) >= 11 is 0. The van der Waals surface area contributed by atoms with Gasteiger partial charge in [0.25, 0.3) is 5.91 Å². The van der Waals surface area contributed by atoms with Crippen molar-refractivity contribution in [1.29, 1.82) is 0 Å². The third kappa shape index (κ3) is 3.46. The molecule has 0 saturated carbocycles. The van der Waals surface area contributed by atoms with Crippen LogP contribution in [0.2, 0.25) is 0 Å². The van der Waals surface area contributed by atoms with Crippen molar-refractivity contribution in [3.63, 3.8) is 0 Å². The molecule has 1 aromatic heterocycles. The Labute approximate surface area is 126 Å². The number of carboxylic acids is 1. The van der Waals surface area contributed by atoms with Gasteiger partial charge in [0.1, 0.15) is 12.4 Å². The van der Waals surface area contributed by atoms with E-state index >= 15 is 0 Å². The van der Waals surface area contributed by atoms with E-state index in [4.69, 9.17) is 5.11 Å². The molecule has 1 heterocycles. The lowest BCUT2D eigenvalue weighted by molar-refractivity contribution is -0.138. The lowest BCUT2D eigenvalue weighted by Gasteiger charge is -2.23. The van der Waals surface area contributed by atoms with E-state index in [1.165, 1.54) is 40.2 Å². The van der Waals surface area contributed by atoms with Gasteiger partial charge in [-0.15, -0.1) is 5.10 Å². The summed E-state index contributed by atoms with van der Waals surface area (Å²) < 4.78 is 12.9. The summed E-state index contributed by atoms with van der Waals surface area (Å²) in [5.74, 6) is -2.02. The van der Waals surface area contributed by atoms with Crippen LogP contribution in [0.25, 0.3) is 5.69 Å². The van der Waals surface area contributed by atoms with Gasteiger partial charge in [-0.05, 0) is 38.1 Å². The number of amides is 1. The van der Waals surface area contributed by atoms with Gasteiger partial charge in [-0.2, -0.15) is 9.90 Å². The standard InChI is InChI=1S/C14H15FN4O3/c1-9(2)18(8-13(20)21)14(22)12-7-16-19(17-12)11-5-3-10(15)4-6-11/h3-7,9H,8H2,1-2H3,(H,20,21). The molecule has 7 nitrogen and oxygen atoms in total. The molecule has 0 atom stereocenters. The molecule has 0 aliphatic carbocycles. The van der Waals surface area contributed by atoms with E-state index in [0.717, 1.165) is 0 Å². The molecular formula is C14H15FN4O3.